The molecule has 0 aromatic carbocycles. The first-order valence-corrected chi connectivity index (χ1v) is 9.72. The summed E-state index contributed by atoms with van der Waals surface area (Å²) in [6, 6.07) is 0. The van der Waals surface area contributed by atoms with Crippen molar-refractivity contribution in [2.24, 2.45) is 0 Å². The lowest BCUT2D eigenvalue weighted by atomic mass is 10.1. The SMILES string of the molecule is CC(C)=CCC/C(C)=C/CN(C)C(=N)N(C)C/C=C(\C)CCC=C(C)C. The molecule has 3 nitrogen and oxygen atoms in total. The van der Waals surface area contributed by atoms with Gasteiger partial charge in [0.05, 0.1) is 0 Å². The van der Waals surface area contributed by atoms with Crippen LogP contribution in [0.25, 0.3) is 0 Å². The van der Waals surface area contributed by atoms with E-state index in [1.807, 2.05) is 23.9 Å². The number of allylic oxidation sites excluding steroid dienone is 6. The molecule has 0 saturated carbocycles. The Morgan fingerprint density at radius 1 is 0.654 bits per heavy atom. The van der Waals surface area contributed by atoms with Crippen LogP contribution in [0.3, 0.4) is 0 Å². The van der Waals surface area contributed by atoms with Crippen LogP contribution in [0.15, 0.2) is 46.6 Å². The average molecular weight is 360 g/mol. The van der Waals surface area contributed by atoms with Gasteiger partial charge in [0.2, 0.25) is 0 Å². The van der Waals surface area contributed by atoms with Crippen LogP contribution in [0, 0.1) is 5.41 Å². The first kappa shape index (κ1) is 24.2. The van der Waals surface area contributed by atoms with Crippen molar-refractivity contribution in [2.75, 3.05) is 27.2 Å². The van der Waals surface area contributed by atoms with Crippen molar-refractivity contribution in [1.82, 2.24) is 9.80 Å². The van der Waals surface area contributed by atoms with Gasteiger partial charge in [-0.25, -0.2) is 0 Å². The van der Waals surface area contributed by atoms with E-state index in [9.17, 15) is 0 Å². The van der Waals surface area contributed by atoms with E-state index < -0.39 is 0 Å². The van der Waals surface area contributed by atoms with Gasteiger partial charge in [0.1, 0.15) is 0 Å². The van der Waals surface area contributed by atoms with Gasteiger partial charge in [0.15, 0.2) is 5.96 Å². The highest BCUT2D eigenvalue weighted by atomic mass is 15.3. The van der Waals surface area contributed by atoms with Crippen molar-refractivity contribution in [3.63, 3.8) is 0 Å². The van der Waals surface area contributed by atoms with E-state index in [2.05, 4.69) is 65.8 Å². The molecule has 148 valence electrons. The third-order valence-electron chi connectivity index (χ3n) is 4.33. The van der Waals surface area contributed by atoms with Crippen molar-refractivity contribution in [2.45, 2.75) is 67.2 Å². The van der Waals surface area contributed by atoms with Gasteiger partial charge >= 0.3 is 0 Å². The fourth-order valence-electron chi connectivity index (χ4n) is 2.43. The van der Waals surface area contributed by atoms with Gasteiger partial charge in [-0.2, -0.15) is 0 Å². The predicted molar refractivity (Wildman–Crippen MR) is 118 cm³/mol. The van der Waals surface area contributed by atoms with E-state index in [1.165, 1.54) is 22.3 Å². The Hall–Kier alpha value is -1.77. The van der Waals surface area contributed by atoms with Gasteiger partial charge in [-0.15, -0.1) is 0 Å². The third kappa shape index (κ3) is 12.6. The minimum atomic E-state index is 0.562. The number of hydrogen-bond acceptors (Lipinski definition) is 1. The molecule has 0 unspecified atom stereocenters. The molecule has 0 aliphatic rings. The largest absolute Gasteiger partial charge is 0.342 e. The third-order valence-corrected chi connectivity index (χ3v) is 4.33. The molecular weight excluding hydrogens is 318 g/mol. The van der Waals surface area contributed by atoms with Gasteiger partial charge in [0, 0.05) is 27.2 Å². The van der Waals surface area contributed by atoms with Crippen LogP contribution < -0.4 is 0 Å². The molecule has 0 aliphatic heterocycles. The number of rotatable bonds is 10. The summed E-state index contributed by atoms with van der Waals surface area (Å²) in [5.41, 5.74) is 5.53. The number of nitrogens with zero attached hydrogens (tertiary/aromatic N) is 2. The second-order valence-corrected chi connectivity index (χ2v) is 7.83. The monoisotopic (exact) mass is 359 g/mol. The quantitative estimate of drug-likeness (QED) is 0.287. The first-order valence-electron chi connectivity index (χ1n) is 9.72. The summed E-state index contributed by atoms with van der Waals surface area (Å²) >= 11 is 0. The summed E-state index contributed by atoms with van der Waals surface area (Å²) in [5.74, 6) is 0.562. The molecule has 1 N–H and O–H groups in total. The van der Waals surface area contributed by atoms with Crippen LogP contribution in [0.4, 0.5) is 0 Å². The van der Waals surface area contributed by atoms with E-state index in [-0.39, 0.29) is 0 Å². The zero-order valence-electron chi connectivity index (χ0n) is 18.4. The first-order chi connectivity index (χ1) is 12.1. The molecule has 0 aliphatic carbocycles. The maximum absolute atomic E-state index is 8.35. The number of likely N-dealkylation sites (N-methyl/N-ethyl adjacent to an activating group) is 2. The number of nitrogens with one attached hydrogen (secondary N) is 1. The Labute approximate surface area is 162 Å². The van der Waals surface area contributed by atoms with Crippen molar-refractivity contribution >= 4 is 5.96 Å². The average Bonchev–Trinajstić information content (AvgIpc) is 2.56. The standard InChI is InChI=1S/C23H41N3/c1-19(2)11-9-13-21(5)15-17-25(7)23(24)26(8)18-16-22(6)14-10-12-20(3)4/h11-12,15-16,24H,9-10,13-14,17-18H2,1-8H3/b21-15+,22-16+. The molecule has 0 rings (SSSR count). The van der Waals surface area contributed by atoms with Gasteiger partial charge in [0.25, 0.3) is 0 Å². The van der Waals surface area contributed by atoms with Crippen LogP contribution in [0.2, 0.25) is 0 Å². The van der Waals surface area contributed by atoms with Crippen LogP contribution in [0.5, 0.6) is 0 Å². The molecular formula is C23H41N3. The van der Waals surface area contributed by atoms with Crippen LogP contribution in [-0.2, 0) is 0 Å². The van der Waals surface area contributed by atoms with Crippen molar-refractivity contribution in [3.05, 3.63) is 46.6 Å². The fraction of sp³-hybridized carbons (Fsp3) is 0.609. The minimum Gasteiger partial charge on any atom is -0.342 e. The smallest absolute Gasteiger partial charge is 0.193 e. The second-order valence-electron chi connectivity index (χ2n) is 7.83. The predicted octanol–water partition coefficient (Wildman–Crippen LogP) is 6.17. The molecule has 0 aromatic heterocycles. The lowest BCUT2D eigenvalue weighted by Gasteiger charge is -2.26. The van der Waals surface area contributed by atoms with Gasteiger partial charge in [-0.05, 0) is 67.2 Å². The van der Waals surface area contributed by atoms with Crippen molar-refractivity contribution < 1.29 is 0 Å². The molecule has 0 saturated heterocycles. The maximum atomic E-state index is 8.35. The second kappa shape index (κ2) is 13.4. The Morgan fingerprint density at radius 2 is 1.00 bits per heavy atom. The Kier molecular flexibility index (Phi) is 12.5. The minimum absolute atomic E-state index is 0.562. The highest BCUT2D eigenvalue weighted by Crippen LogP contribution is 2.08. The summed E-state index contributed by atoms with van der Waals surface area (Å²) < 4.78 is 0. The molecule has 0 bridgehead atoms. The molecule has 0 fully saturated rings. The van der Waals surface area contributed by atoms with Crippen LogP contribution in [-0.4, -0.2) is 42.9 Å². The van der Waals surface area contributed by atoms with E-state index in [1.54, 1.807) is 0 Å². The number of hydrogen-bond donors (Lipinski definition) is 1. The molecule has 0 atom stereocenters. The summed E-state index contributed by atoms with van der Waals surface area (Å²) in [4.78, 5) is 3.99. The molecule has 26 heavy (non-hydrogen) atoms. The maximum Gasteiger partial charge on any atom is 0.193 e. The summed E-state index contributed by atoms with van der Waals surface area (Å²) in [6.07, 6.45) is 13.4. The van der Waals surface area contributed by atoms with Gasteiger partial charge in [-0.3, -0.25) is 5.41 Å². The number of guanidine groups is 1. The van der Waals surface area contributed by atoms with Gasteiger partial charge in [-0.1, -0.05) is 46.6 Å². The van der Waals surface area contributed by atoms with Crippen molar-refractivity contribution in [3.8, 4) is 0 Å². The summed E-state index contributed by atoms with van der Waals surface area (Å²) in [5, 5.41) is 8.35. The topological polar surface area (TPSA) is 30.3 Å². The zero-order valence-corrected chi connectivity index (χ0v) is 18.4. The van der Waals surface area contributed by atoms with E-state index in [0.29, 0.717) is 5.96 Å². The lowest BCUT2D eigenvalue weighted by molar-refractivity contribution is 0.428. The molecule has 0 radical (unpaired) electrons. The highest BCUT2D eigenvalue weighted by molar-refractivity contribution is 5.76. The normalized spacial score (nSPS) is 11.8. The Morgan fingerprint density at radius 3 is 1.31 bits per heavy atom. The van der Waals surface area contributed by atoms with E-state index in [0.717, 1.165) is 38.8 Å². The van der Waals surface area contributed by atoms with Crippen molar-refractivity contribution in [1.29, 1.82) is 5.41 Å². The highest BCUT2D eigenvalue weighted by Gasteiger charge is 2.07. The van der Waals surface area contributed by atoms with E-state index >= 15 is 0 Å². The molecule has 0 spiro atoms. The molecule has 0 amide bonds. The Balaban J connectivity index is 4.36. The fourth-order valence-corrected chi connectivity index (χ4v) is 2.43. The molecule has 0 heterocycles. The molecule has 3 heteroatoms. The molecule has 0 aromatic rings. The van der Waals surface area contributed by atoms with Crippen LogP contribution in [0.1, 0.15) is 67.2 Å². The van der Waals surface area contributed by atoms with E-state index in [4.69, 9.17) is 5.41 Å². The summed E-state index contributed by atoms with van der Waals surface area (Å²) in [7, 11) is 3.98. The summed E-state index contributed by atoms with van der Waals surface area (Å²) in [6.45, 7) is 14.5. The van der Waals surface area contributed by atoms with Crippen LogP contribution >= 0.6 is 0 Å². The van der Waals surface area contributed by atoms with Gasteiger partial charge < -0.3 is 9.80 Å². The Bertz CT molecular complexity index is 494. The zero-order chi connectivity index (χ0) is 20.1. The lowest BCUT2D eigenvalue weighted by Crippen LogP contribution is -2.39.